The van der Waals surface area contributed by atoms with Crippen LogP contribution in [0.2, 0.25) is 0 Å². The zero-order valence-corrected chi connectivity index (χ0v) is 7.68. The van der Waals surface area contributed by atoms with Gasteiger partial charge in [0.05, 0.1) is 0 Å². The minimum Gasteiger partial charge on any atom is -0.396 e. The summed E-state index contributed by atoms with van der Waals surface area (Å²) < 4.78 is 12.0. The molecule has 0 aromatic heterocycles. The van der Waals surface area contributed by atoms with Crippen LogP contribution in [0.4, 0.5) is 0 Å². The van der Waals surface area contributed by atoms with Crippen LogP contribution in [0.5, 0.6) is 0 Å². The van der Waals surface area contributed by atoms with Gasteiger partial charge in [-0.15, -0.1) is 0 Å². The number of hydrogen-bond donors (Lipinski definition) is 3. The van der Waals surface area contributed by atoms with Crippen molar-refractivity contribution < 1.29 is 24.0 Å². The molecule has 0 saturated carbocycles. The molecule has 0 aromatic carbocycles. The van der Waals surface area contributed by atoms with Gasteiger partial charge in [0.15, 0.2) is 0 Å². The van der Waals surface area contributed by atoms with Crippen LogP contribution in [0.1, 0.15) is 6.42 Å². The molecule has 68 valence electrons. The highest BCUT2D eigenvalue weighted by molar-refractivity contribution is 7.46. The lowest BCUT2D eigenvalue weighted by molar-refractivity contribution is 0.131. The van der Waals surface area contributed by atoms with E-state index in [1.165, 1.54) is 0 Å². The molecule has 3 N–H and O–H groups in total. The third-order valence-corrected chi connectivity index (χ3v) is 1.95. The number of phosphoric acid groups is 1. The van der Waals surface area contributed by atoms with Crippen molar-refractivity contribution in [1.29, 1.82) is 0 Å². The Balaban J connectivity index is 4.02. The number of hydrogen-bond acceptors (Lipinski definition) is 3. The molecule has 0 amide bonds. The Kier molecular flexibility index (Phi) is 4.29. The average molecular weight is 225 g/mol. The lowest BCUT2D eigenvalue weighted by atomic mass is 10.5. The van der Waals surface area contributed by atoms with Gasteiger partial charge in [0.2, 0.25) is 4.52 Å². The predicted molar refractivity (Wildman–Crippen MR) is 39.3 cm³/mol. The molecule has 0 aromatic rings. The monoisotopic (exact) mass is 224 g/mol. The lowest BCUT2D eigenvalue weighted by Crippen LogP contribution is -2.17. The maximum absolute atomic E-state index is 10.1. The van der Waals surface area contributed by atoms with Crippen molar-refractivity contribution in [2.24, 2.45) is 0 Å². The van der Waals surface area contributed by atoms with E-state index in [0.29, 0.717) is 0 Å². The van der Waals surface area contributed by atoms with Crippen LogP contribution < -0.4 is 0 Å². The van der Waals surface area contributed by atoms with Gasteiger partial charge < -0.3 is 14.9 Å². The van der Waals surface area contributed by atoms with Gasteiger partial charge in [0.1, 0.15) is 0 Å². The van der Waals surface area contributed by atoms with Crippen molar-refractivity contribution >= 4 is 31.0 Å². The molecule has 5 nitrogen and oxygen atoms in total. The summed E-state index contributed by atoms with van der Waals surface area (Å²) in [4.78, 5) is 16.4. The maximum Gasteiger partial charge on any atom is 0.472 e. The van der Waals surface area contributed by atoms with E-state index in [2.05, 4.69) is 4.52 Å². The third-order valence-electron chi connectivity index (χ3n) is 0.655. The van der Waals surface area contributed by atoms with Gasteiger partial charge in [-0.1, -0.05) is 23.2 Å². The second-order valence-corrected chi connectivity index (χ2v) is 4.27. The number of phosphoric ester groups is 1. The first-order valence-corrected chi connectivity index (χ1v) is 4.80. The summed E-state index contributed by atoms with van der Waals surface area (Å²) in [6.07, 6.45) is -0.277. The Morgan fingerprint density at radius 3 is 2.18 bits per heavy atom. The van der Waals surface area contributed by atoms with Gasteiger partial charge in [0, 0.05) is 13.0 Å². The van der Waals surface area contributed by atoms with E-state index >= 15 is 0 Å². The molecule has 0 radical (unpaired) electrons. The highest BCUT2D eigenvalue weighted by atomic mass is 35.5. The van der Waals surface area contributed by atoms with Crippen LogP contribution in [0, 0.1) is 0 Å². The lowest BCUT2D eigenvalue weighted by Gasteiger charge is -2.18. The first-order valence-electron chi connectivity index (χ1n) is 2.52. The molecule has 0 unspecified atom stereocenters. The van der Waals surface area contributed by atoms with E-state index in [9.17, 15) is 4.57 Å². The molecule has 0 fully saturated rings. The predicted octanol–water partition coefficient (Wildman–Crippen LogP) is 0.609. The van der Waals surface area contributed by atoms with E-state index < -0.39 is 18.9 Å². The number of alkyl halides is 2. The van der Waals surface area contributed by atoms with Gasteiger partial charge in [-0.3, -0.25) is 0 Å². The molecular weight excluding hydrogens is 218 g/mol. The summed E-state index contributed by atoms with van der Waals surface area (Å²) in [7, 11) is -4.69. The van der Waals surface area contributed by atoms with Gasteiger partial charge in [0.25, 0.3) is 0 Å². The van der Waals surface area contributed by atoms with E-state index in [4.69, 9.17) is 38.1 Å². The summed E-state index contributed by atoms with van der Waals surface area (Å²) >= 11 is 10.4. The maximum atomic E-state index is 10.1. The molecule has 0 rings (SSSR count). The molecule has 0 aliphatic heterocycles. The highest BCUT2D eigenvalue weighted by Gasteiger charge is 2.33. The Morgan fingerprint density at radius 1 is 1.45 bits per heavy atom. The first kappa shape index (κ1) is 11.6. The topological polar surface area (TPSA) is 87.0 Å². The fourth-order valence-corrected chi connectivity index (χ4v) is 1.50. The second kappa shape index (κ2) is 4.05. The van der Waals surface area contributed by atoms with Gasteiger partial charge in [-0.25, -0.2) is 9.09 Å². The van der Waals surface area contributed by atoms with Crippen molar-refractivity contribution in [2.75, 3.05) is 6.61 Å². The summed E-state index contributed by atoms with van der Waals surface area (Å²) in [5.41, 5.74) is 0. The Morgan fingerprint density at radius 2 is 1.91 bits per heavy atom. The molecule has 0 aliphatic carbocycles. The normalized spacial score (nSPS) is 13.5. The molecule has 0 aliphatic rings. The van der Waals surface area contributed by atoms with Gasteiger partial charge in [-0.2, -0.15) is 0 Å². The van der Waals surface area contributed by atoms with Gasteiger partial charge in [-0.05, 0) is 0 Å². The zero-order chi connectivity index (χ0) is 9.12. The molecule has 11 heavy (non-hydrogen) atoms. The molecule has 0 atom stereocenters. The number of rotatable bonds is 4. The molecular formula is C3H7Cl2O5P. The van der Waals surface area contributed by atoms with Crippen molar-refractivity contribution in [3.8, 4) is 0 Å². The van der Waals surface area contributed by atoms with Crippen molar-refractivity contribution in [3.63, 3.8) is 0 Å². The number of halogens is 2. The van der Waals surface area contributed by atoms with Crippen molar-refractivity contribution in [1.82, 2.24) is 0 Å². The Hall–Kier alpha value is 0.650. The minimum absolute atomic E-state index is 0.277. The van der Waals surface area contributed by atoms with Crippen molar-refractivity contribution in [3.05, 3.63) is 0 Å². The molecule has 0 spiro atoms. The Labute approximate surface area is 73.1 Å². The standard InChI is InChI=1S/C3H7Cl2O5P/c4-3(5,1-2-6)10-11(7,8)9/h6H,1-2H2,(H2,7,8,9). The molecule has 0 bridgehead atoms. The van der Waals surface area contributed by atoms with E-state index in [1.807, 2.05) is 0 Å². The smallest absolute Gasteiger partial charge is 0.396 e. The van der Waals surface area contributed by atoms with Crippen molar-refractivity contribution in [2.45, 2.75) is 10.9 Å². The molecule has 0 heterocycles. The van der Waals surface area contributed by atoms with Crippen LogP contribution in [0.15, 0.2) is 0 Å². The molecule has 0 saturated heterocycles. The highest BCUT2D eigenvalue weighted by Crippen LogP contribution is 2.46. The summed E-state index contributed by atoms with van der Waals surface area (Å²) in [5, 5.41) is 8.30. The van der Waals surface area contributed by atoms with Crippen LogP contribution in [0.3, 0.4) is 0 Å². The van der Waals surface area contributed by atoms with Crippen LogP contribution in [0.25, 0.3) is 0 Å². The zero-order valence-electron chi connectivity index (χ0n) is 5.28. The average Bonchev–Trinajstić information content (AvgIpc) is 1.55. The first-order chi connectivity index (χ1) is 4.77. The second-order valence-electron chi connectivity index (χ2n) is 1.69. The SMILES string of the molecule is O=P(O)(O)OC(Cl)(Cl)CCO. The largest absolute Gasteiger partial charge is 0.472 e. The minimum atomic E-state index is -4.69. The molecule has 8 heteroatoms. The van der Waals surface area contributed by atoms with E-state index in [0.717, 1.165) is 0 Å². The fourth-order valence-electron chi connectivity index (χ4n) is 0.350. The van der Waals surface area contributed by atoms with Gasteiger partial charge >= 0.3 is 7.82 Å². The summed E-state index contributed by atoms with van der Waals surface area (Å²) in [6.45, 7) is -0.424. The number of aliphatic hydroxyl groups is 1. The van der Waals surface area contributed by atoms with Crippen LogP contribution in [-0.2, 0) is 9.09 Å². The quantitative estimate of drug-likeness (QED) is 0.481. The third kappa shape index (κ3) is 7.03. The van der Waals surface area contributed by atoms with Crippen LogP contribution in [-0.4, -0.2) is 26.0 Å². The summed E-state index contributed by atoms with van der Waals surface area (Å²) in [6, 6.07) is 0. The number of aliphatic hydroxyl groups excluding tert-OH is 1. The van der Waals surface area contributed by atoms with E-state index in [-0.39, 0.29) is 6.42 Å². The van der Waals surface area contributed by atoms with E-state index in [1.54, 1.807) is 0 Å². The fraction of sp³-hybridized carbons (Fsp3) is 1.00. The summed E-state index contributed by atoms with van der Waals surface area (Å²) in [5.74, 6) is 0. The Bertz CT molecular complexity index is 165. The van der Waals surface area contributed by atoms with Crippen LogP contribution >= 0.6 is 31.0 Å².